The standard InChI is InChI=1S/C19H18F3NO3/c1-2-23(12-14-6-4-8-16-17(14)26-10-9-25-16)18(24)13-5-3-7-15(11-13)19(20,21)22/h3-8,11H,2,9-10,12H2,1H3. The zero-order chi connectivity index (χ0) is 18.7. The third-order valence-electron chi connectivity index (χ3n) is 4.11. The molecule has 4 nitrogen and oxygen atoms in total. The van der Waals surface area contributed by atoms with Crippen LogP contribution in [0.1, 0.15) is 28.4 Å². The maximum absolute atomic E-state index is 12.9. The molecule has 7 heteroatoms. The van der Waals surface area contributed by atoms with Crippen LogP contribution in [0.5, 0.6) is 11.5 Å². The Kier molecular flexibility index (Phi) is 5.06. The lowest BCUT2D eigenvalue weighted by atomic mass is 10.1. The Morgan fingerprint density at radius 2 is 1.85 bits per heavy atom. The molecule has 0 N–H and O–H groups in total. The fourth-order valence-electron chi connectivity index (χ4n) is 2.80. The predicted octanol–water partition coefficient (Wildman–Crippen LogP) is 4.14. The van der Waals surface area contributed by atoms with Crippen LogP contribution in [0.25, 0.3) is 0 Å². The number of amides is 1. The molecule has 1 amide bonds. The number of benzene rings is 2. The van der Waals surface area contributed by atoms with Crippen LogP contribution in [-0.2, 0) is 12.7 Å². The van der Waals surface area contributed by atoms with Crippen LogP contribution in [-0.4, -0.2) is 30.6 Å². The van der Waals surface area contributed by atoms with E-state index in [0.29, 0.717) is 31.3 Å². The van der Waals surface area contributed by atoms with E-state index in [1.165, 1.54) is 17.0 Å². The molecular weight excluding hydrogens is 347 g/mol. The molecule has 2 aromatic rings. The maximum atomic E-state index is 12.9. The highest BCUT2D eigenvalue weighted by molar-refractivity contribution is 5.94. The van der Waals surface area contributed by atoms with Crippen molar-refractivity contribution in [2.45, 2.75) is 19.6 Å². The number of rotatable bonds is 4. The second-order valence-electron chi connectivity index (χ2n) is 5.84. The van der Waals surface area contributed by atoms with Gasteiger partial charge >= 0.3 is 6.18 Å². The normalized spacial score (nSPS) is 13.4. The summed E-state index contributed by atoms with van der Waals surface area (Å²) in [7, 11) is 0. The highest BCUT2D eigenvalue weighted by Gasteiger charge is 2.31. The van der Waals surface area contributed by atoms with E-state index in [9.17, 15) is 18.0 Å². The zero-order valence-electron chi connectivity index (χ0n) is 14.2. The first-order valence-corrected chi connectivity index (χ1v) is 8.24. The topological polar surface area (TPSA) is 38.8 Å². The Morgan fingerprint density at radius 3 is 2.58 bits per heavy atom. The molecule has 0 unspecified atom stereocenters. The third-order valence-corrected chi connectivity index (χ3v) is 4.11. The van der Waals surface area contributed by atoms with Crippen LogP contribution in [0.3, 0.4) is 0 Å². The first-order valence-electron chi connectivity index (χ1n) is 8.24. The van der Waals surface area contributed by atoms with E-state index in [-0.39, 0.29) is 12.1 Å². The number of fused-ring (bicyclic) bond motifs is 1. The molecule has 0 aromatic heterocycles. The Labute approximate surface area is 149 Å². The van der Waals surface area contributed by atoms with Crippen molar-refractivity contribution in [2.24, 2.45) is 0 Å². The SMILES string of the molecule is CCN(Cc1cccc2c1OCCO2)C(=O)c1cccc(C(F)(F)F)c1. The van der Waals surface area contributed by atoms with E-state index in [0.717, 1.165) is 17.7 Å². The molecule has 0 saturated carbocycles. The number of ether oxygens (including phenoxy) is 2. The Bertz CT molecular complexity index is 805. The molecule has 0 fully saturated rings. The summed E-state index contributed by atoms with van der Waals surface area (Å²) < 4.78 is 49.8. The number of hydrogen-bond acceptors (Lipinski definition) is 3. The fraction of sp³-hybridized carbons (Fsp3) is 0.316. The van der Waals surface area contributed by atoms with Gasteiger partial charge in [0.1, 0.15) is 13.2 Å². The summed E-state index contributed by atoms with van der Waals surface area (Å²) in [5.41, 5.74) is -0.0822. The van der Waals surface area contributed by atoms with Crippen LogP contribution < -0.4 is 9.47 Å². The molecule has 0 bridgehead atoms. The second-order valence-corrected chi connectivity index (χ2v) is 5.84. The highest BCUT2D eigenvalue weighted by Crippen LogP contribution is 2.34. The molecule has 0 aliphatic carbocycles. The Hall–Kier alpha value is -2.70. The third kappa shape index (κ3) is 3.76. The van der Waals surface area contributed by atoms with E-state index < -0.39 is 17.6 Å². The molecule has 0 atom stereocenters. The number of nitrogens with zero attached hydrogens (tertiary/aromatic N) is 1. The fourth-order valence-corrected chi connectivity index (χ4v) is 2.80. The van der Waals surface area contributed by atoms with E-state index in [2.05, 4.69) is 0 Å². The molecule has 0 spiro atoms. The molecule has 0 saturated heterocycles. The Balaban J connectivity index is 1.85. The molecule has 2 aromatic carbocycles. The lowest BCUT2D eigenvalue weighted by Crippen LogP contribution is -2.31. The molecule has 1 aliphatic rings. The zero-order valence-corrected chi connectivity index (χ0v) is 14.2. The summed E-state index contributed by atoms with van der Waals surface area (Å²) >= 11 is 0. The van der Waals surface area contributed by atoms with Crippen molar-refractivity contribution in [1.82, 2.24) is 4.90 Å². The van der Waals surface area contributed by atoms with Gasteiger partial charge in [-0.1, -0.05) is 18.2 Å². The van der Waals surface area contributed by atoms with Crippen molar-refractivity contribution in [1.29, 1.82) is 0 Å². The number of hydrogen-bond donors (Lipinski definition) is 0. The summed E-state index contributed by atoms with van der Waals surface area (Å²) in [5.74, 6) is 0.721. The smallest absolute Gasteiger partial charge is 0.416 e. The molecule has 138 valence electrons. The first-order chi connectivity index (χ1) is 12.4. The minimum atomic E-state index is -4.49. The Morgan fingerprint density at radius 1 is 1.12 bits per heavy atom. The van der Waals surface area contributed by atoms with Crippen LogP contribution in [0, 0.1) is 0 Å². The largest absolute Gasteiger partial charge is 0.486 e. The minimum absolute atomic E-state index is 0.00337. The van der Waals surface area contributed by atoms with Crippen LogP contribution >= 0.6 is 0 Å². The van der Waals surface area contributed by atoms with Gasteiger partial charge in [-0.15, -0.1) is 0 Å². The van der Waals surface area contributed by atoms with Gasteiger partial charge in [0.05, 0.1) is 5.56 Å². The van der Waals surface area contributed by atoms with Crippen LogP contribution in [0.2, 0.25) is 0 Å². The van der Waals surface area contributed by atoms with E-state index in [1.807, 2.05) is 6.07 Å². The molecule has 1 aliphatic heterocycles. The number of carbonyl (C=O) groups is 1. The van der Waals surface area contributed by atoms with Crippen LogP contribution in [0.4, 0.5) is 13.2 Å². The molecule has 26 heavy (non-hydrogen) atoms. The number of alkyl halides is 3. The lowest BCUT2D eigenvalue weighted by Gasteiger charge is -2.25. The minimum Gasteiger partial charge on any atom is -0.486 e. The van der Waals surface area contributed by atoms with Gasteiger partial charge in [-0.05, 0) is 31.2 Å². The number of carbonyl (C=O) groups excluding carboxylic acids is 1. The first kappa shape index (κ1) is 18.1. The molecular formula is C19H18F3NO3. The van der Waals surface area contributed by atoms with Crippen molar-refractivity contribution >= 4 is 5.91 Å². The van der Waals surface area contributed by atoms with Crippen molar-refractivity contribution in [3.63, 3.8) is 0 Å². The highest BCUT2D eigenvalue weighted by atomic mass is 19.4. The van der Waals surface area contributed by atoms with E-state index >= 15 is 0 Å². The van der Waals surface area contributed by atoms with Crippen molar-refractivity contribution in [3.05, 3.63) is 59.2 Å². The van der Waals surface area contributed by atoms with Gasteiger partial charge in [0.2, 0.25) is 0 Å². The van der Waals surface area contributed by atoms with Crippen molar-refractivity contribution in [2.75, 3.05) is 19.8 Å². The van der Waals surface area contributed by atoms with Gasteiger partial charge in [0.15, 0.2) is 11.5 Å². The van der Waals surface area contributed by atoms with Crippen molar-refractivity contribution < 1.29 is 27.4 Å². The van der Waals surface area contributed by atoms with Gasteiger partial charge in [-0.25, -0.2) is 0 Å². The average Bonchev–Trinajstić information content (AvgIpc) is 2.65. The van der Waals surface area contributed by atoms with Gasteiger partial charge in [0, 0.05) is 24.2 Å². The van der Waals surface area contributed by atoms with Gasteiger partial charge in [-0.2, -0.15) is 13.2 Å². The monoisotopic (exact) mass is 365 g/mol. The summed E-state index contributed by atoms with van der Waals surface area (Å²) in [5, 5.41) is 0. The molecule has 0 radical (unpaired) electrons. The molecule has 3 rings (SSSR count). The van der Waals surface area contributed by atoms with Crippen molar-refractivity contribution in [3.8, 4) is 11.5 Å². The van der Waals surface area contributed by atoms with E-state index in [4.69, 9.17) is 9.47 Å². The quantitative estimate of drug-likeness (QED) is 0.818. The van der Waals surface area contributed by atoms with Gasteiger partial charge < -0.3 is 14.4 Å². The number of para-hydroxylation sites is 1. The maximum Gasteiger partial charge on any atom is 0.416 e. The van der Waals surface area contributed by atoms with Crippen LogP contribution in [0.15, 0.2) is 42.5 Å². The summed E-state index contributed by atoms with van der Waals surface area (Å²) in [4.78, 5) is 14.2. The van der Waals surface area contributed by atoms with Gasteiger partial charge in [0.25, 0.3) is 5.91 Å². The summed E-state index contributed by atoms with van der Waals surface area (Å²) in [6.45, 7) is 3.21. The summed E-state index contributed by atoms with van der Waals surface area (Å²) in [6, 6.07) is 9.85. The average molecular weight is 365 g/mol. The second kappa shape index (κ2) is 7.27. The lowest BCUT2D eigenvalue weighted by molar-refractivity contribution is -0.137. The van der Waals surface area contributed by atoms with Gasteiger partial charge in [-0.3, -0.25) is 4.79 Å². The number of halogens is 3. The van der Waals surface area contributed by atoms with E-state index in [1.54, 1.807) is 19.1 Å². The molecule has 1 heterocycles. The summed E-state index contributed by atoms with van der Waals surface area (Å²) in [6.07, 6.45) is -4.49. The predicted molar refractivity (Wildman–Crippen MR) is 89.3 cm³/mol.